The molecule has 0 bridgehead atoms. The van der Waals surface area contributed by atoms with E-state index in [1.165, 1.54) is 12.8 Å². The fraction of sp³-hybridized carbons (Fsp3) is 0.500. The first-order valence-corrected chi connectivity index (χ1v) is 6.45. The van der Waals surface area contributed by atoms with E-state index in [0.29, 0.717) is 17.9 Å². The SMILES string of the molecule is CNc1nc(OC2CCCC2)nc(-n2cccn2)n1. The van der Waals surface area contributed by atoms with Crippen LogP contribution in [-0.4, -0.2) is 37.9 Å². The Balaban J connectivity index is 1.88. The van der Waals surface area contributed by atoms with Crippen LogP contribution in [0.4, 0.5) is 5.95 Å². The summed E-state index contributed by atoms with van der Waals surface area (Å²) in [6, 6.07) is 2.18. The van der Waals surface area contributed by atoms with E-state index in [9.17, 15) is 0 Å². The average molecular weight is 260 g/mol. The third-order valence-electron chi connectivity index (χ3n) is 3.11. The molecule has 100 valence electrons. The van der Waals surface area contributed by atoms with Gasteiger partial charge in [0.05, 0.1) is 0 Å². The zero-order valence-electron chi connectivity index (χ0n) is 10.8. The van der Waals surface area contributed by atoms with Gasteiger partial charge in [0.15, 0.2) is 0 Å². The van der Waals surface area contributed by atoms with E-state index < -0.39 is 0 Å². The highest BCUT2D eigenvalue weighted by Gasteiger charge is 2.19. The highest BCUT2D eigenvalue weighted by Crippen LogP contribution is 2.22. The van der Waals surface area contributed by atoms with Crippen LogP contribution >= 0.6 is 0 Å². The molecule has 1 saturated carbocycles. The third kappa shape index (κ3) is 2.64. The lowest BCUT2D eigenvalue weighted by molar-refractivity contribution is 0.191. The number of ether oxygens (including phenoxy) is 1. The van der Waals surface area contributed by atoms with Crippen LogP contribution in [-0.2, 0) is 0 Å². The van der Waals surface area contributed by atoms with Gasteiger partial charge in [-0.2, -0.15) is 20.1 Å². The molecule has 1 fully saturated rings. The molecule has 0 unspecified atom stereocenters. The molecule has 1 aliphatic carbocycles. The predicted octanol–water partition coefficient (Wildman–Crippen LogP) is 1.42. The van der Waals surface area contributed by atoms with Crippen molar-refractivity contribution in [2.24, 2.45) is 0 Å². The molecule has 3 rings (SSSR count). The van der Waals surface area contributed by atoms with Crippen molar-refractivity contribution in [1.82, 2.24) is 24.7 Å². The Bertz CT molecular complexity index is 535. The number of aromatic nitrogens is 5. The van der Waals surface area contributed by atoms with E-state index in [-0.39, 0.29) is 6.10 Å². The molecule has 7 nitrogen and oxygen atoms in total. The van der Waals surface area contributed by atoms with E-state index in [4.69, 9.17) is 4.74 Å². The van der Waals surface area contributed by atoms with Gasteiger partial charge in [0.2, 0.25) is 5.95 Å². The maximum Gasteiger partial charge on any atom is 0.323 e. The summed E-state index contributed by atoms with van der Waals surface area (Å²) in [4.78, 5) is 12.8. The van der Waals surface area contributed by atoms with Gasteiger partial charge in [-0.1, -0.05) is 0 Å². The van der Waals surface area contributed by atoms with E-state index in [0.717, 1.165) is 12.8 Å². The summed E-state index contributed by atoms with van der Waals surface area (Å²) < 4.78 is 7.40. The Morgan fingerprint density at radius 2 is 2.11 bits per heavy atom. The van der Waals surface area contributed by atoms with Gasteiger partial charge in [0.25, 0.3) is 5.95 Å². The second-order valence-electron chi connectivity index (χ2n) is 4.47. The monoisotopic (exact) mass is 260 g/mol. The van der Waals surface area contributed by atoms with Crippen molar-refractivity contribution in [2.45, 2.75) is 31.8 Å². The van der Waals surface area contributed by atoms with Crippen molar-refractivity contribution in [3.8, 4) is 12.0 Å². The Labute approximate surface area is 111 Å². The number of nitrogens with one attached hydrogen (secondary N) is 1. The minimum atomic E-state index is 0.220. The molecule has 0 aromatic carbocycles. The molecular formula is C12H16N6O. The van der Waals surface area contributed by atoms with Crippen LogP contribution in [0.2, 0.25) is 0 Å². The van der Waals surface area contributed by atoms with Crippen LogP contribution in [0.3, 0.4) is 0 Å². The quantitative estimate of drug-likeness (QED) is 0.895. The maximum absolute atomic E-state index is 5.81. The number of nitrogens with zero attached hydrogens (tertiary/aromatic N) is 5. The lowest BCUT2D eigenvalue weighted by atomic mass is 10.3. The predicted molar refractivity (Wildman–Crippen MR) is 69.4 cm³/mol. The fourth-order valence-corrected chi connectivity index (χ4v) is 2.16. The molecule has 0 saturated heterocycles. The van der Waals surface area contributed by atoms with Gasteiger partial charge < -0.3 is 10.1 Å². The summed E-state index contributed by atoms with van der Waals surface area (Å²) in [5.74, 6) is 0.936. The molecule has 1 N–H and O–H groups in total. The van der Waals surface area contributed by atoms with Crippen molar-refractivity contribution < 1.29 is 4.74 Å². The van der Waals surface area contributed by atoms with Gasteiger partial charge in [0.1, 0.15) is 6.10 Å². The van der Waals surface area contributed by atoms with Crippen LogP contribution in [0.1, 0.15) is 25.7 Å². The van der Waals surface area contributed by atoms with Gasteiger partial charge in [-0.05, 0) is 31.7 Å². The standard InChI is InChI=1S/C12H16N6O/c1-13-10-15-11(18-8-4-7-14-18)17-12(16-10)19-9-5-2-3-6-9/h4,7-9H,2-3,5-6H2,1H3,(H,13,15,16,17). The van der Waals surface area contributed by atoms with Gasteiger partial charge in [-0.25, -0.2) is 4.68 Å². The molecule has 0 amide bonds. The normalized spacial score (nSPS) is 15.6. The van der Waals surface area contributed by atoms with Crippen molar-refractivity contribution in [3.63, 3.8) is 0 Å². The number of anilines is 1. The van der Waals surface area contributed by atoms with Crippen molar-refractivity contribution in [1.29, 1.82) is 0 Å². The summed E-state index contributed by atoms with van der Waals surface area (Å²) in [6.45, 7) is 0. The molecular weight excluding hydrogens is 244 g/mol. The summed E-state index contributed by atoms with van der Waals surface area (Å²) in [5.41, 5.74) is 0. The van der Waals surface area contributed by atoms with Crippen LogP contribution in [0.15, 0.2) is 18.5 Å². The van der Waals surface area contributed by atoms with Gasteiger partial charge in [-0.3, -0.25) is 0 Å². The Kier molecular flexibility index (Phi) is 3.26. The molecule has 0 spiro atoms. The topological polar surface area (TPSA) is 77.8 Å². The fourth-order valence-electron chi connectivity index (χ4n) is 2.16. The Morgan fingerprint density at radius 1 is 1.26 bits per heavy atom. The van der Waals surface area contributed by atoms with Crippen LogP contribution < -0.4 is 10.1 Å². The first kappa shape index (κ1) is 11.9. The first-order valence-electron chi connectivity index (χ1n) is 6.45. The molecule has 19 heavy (non-hydrogen) atoms. The first-order chi connectivity index (χ1) is 9.35. The van der Waals surface area contributed by atoms with E-state index in [2.05, 4.69) is 25.4 Å². The average Bonchev–Trinajstić information content (AvgIpc) is 3.11. The lowest BCUT2D eigenvalue weighted by Gasteiger charge is -2.12. The van der Waals surface area contributed by atoms with Gasteiger partial charge in [-0.15, -0.1) is 0 Å². The summed E-state index contributed by atoms with van der Waals surface area (Å²) >= 11 is 0. The summed E-state index contributed by atoms with van der Waals surface area (Å²) in [6.07, 6.45) is 8.24. The third-order valence-corrected chi connectivity index (χ3v) is 3.11. The Hall–Kier alpha value is -2.18. The van der Waals surface area contributed by atoms with Crippen LogP contribution in [0, 0.1) is 0 Å². The molecule has 1 aliphatic rings. The molecule has 0 aliphatic heterocycles. The highest BCUT2D eigenvalue weighted by atomic mass is 16.5. The molecule has 0 radical (unpaired) electrons. The van der Waals surface area contributed by atoms with Crippen LogP contribution in [0.5, 0.6) is 6.01 Å². The van der Waals surface area contributed by atoms with E-state index in [1.54, 1.807) is 24.1 Å². The molecule has 2 aromatic heterocycles. The Morgan fingerprint density at radius 3 is 2.79 bits per heavy atom. The highest BCUT2D eigenvalue weighted by molar-refractivity contribution is 5.29. The summed E-state index contributed by atoms with van der Waals surface area (Å²) in [5, 5.41) is 7.03. The minimum Gasteiger partial charge on any atom is -0.460 e. The zero-order chi connectivity index (χ0) is 13.1. The van der Waals surface area contributed by atoms with E-state index in [1.807, 2.05) is 6.07 Å². The van der Waals surface area contributed by atoms with Crippen molar-refractivity contribution in [2.75, 3.05) is 12.4 Å². The lowest BCUT2D eigenvalue weighted by Crippen LogP contribution is -2.15. The zero-order valence-corrected chi connectivity index (χ0v) is 10.8. The van der Waals surface area contributed by atoms with Crippen LogP contribution in [0.25, 0.3) is 5.95 Å². The second kappa shape index (κ2) is 5.21. The second-order valence-corrected chi connectivity index (χ2v) is 4.47. The maximum atomic E-state index is 5.81. The largest absolute Gasteiger partial charge is 0.460 e. The molecule has 2 heterocycles. The van der Waals surface area contributed by atoms with Gasteiger partial charge >= 0.3 is 6.01 Å². The summed E-state index contributed by atoms with van der Waals surface area (Å²) in [7, 11) is 1.77. The smallest absolute Gasteiger partial charge is 0.323 e. The van der Waals surface area contributed by atoms with E-state index >= 15 is 0 Å². The molecule has 7 heteroatoms. The number of hydrogen-bond acceptors (Lipinski definition) is 6. The minimum absolute atomic E-state index is 0.220. The van der Waals surface area contributed by atoms with Gasteiger partial charge in [0, 0.05) is 19.4 Å². The van der Waals surface area contributed by atoms with Crippen molar-refractivity contribution >= 4 is 5.95 Å². The molecule has 2 aromatic rings. The number of hydrogen-bond donors (Lipinski definition) is 1. The number of rotatable bonds is 4. The van der Waals surface area contributed by atoms with Crippen molar-refractivity contribution in [3.05, 3.63) is 18.5 Å². The molecule has 0 atom stereocenters.